The minimum Gasteiger partial charge on any atom is -0.445 e. The van der Waals surface area contributed by atoms with Crippen molar-refractivity contribution in [3.8, 4) is 0 Å². The van der Waals surface area contributed by atoms with Crippen molar-refractivity contribution in [3.63, 3.8) is 0 Å². The fraction of sp³-hybridized carbons (Fsp3) is 0.167. The Morgan fingerprint density at radius 3 is 2.14 bits per heavy atom. The molecule has 2 N–H and O–H groups in total. The van der Waals surface area contributed by atoms with E-state index in [1.165, 1.54) is 42.5 Å². The van der Waals surface area contributed by atoms with E-state index in [0.29, 0.717) is 11.1 Å². The number of amides is 2. The predicted molar refractivity (Wildman–Crippen MR) is 127 cm³/mol. The van der Waals surface area contributed by atoms with Gasteiger partial charge in [-0.15, -0.1) is 0 Å². The Bertz CT molecular complexity index is 1230. The van der Waals surface area contributed by atoms with Crippen LogP contribution in [-0.4, -0.2) is 27.9 Å². The highest BCUT2D eigenvalue weighted by molar-refractivity contribution is 5.97. The number of nitro benzene ring substituents is 2. The van der Waals surface area contributed by atoms with E-state index < -0.39 is 27.9 Å². The number of carbonyl (C=O) groups excluding carboxylic acids is 2. The first-order valence-electron chi connectivity index (χ1n) is 10.5. The SMILES string of the molecule is Cc1ccc([N+](=O)[O-])cc1NC(=O)[C@H](Cc1ccc([N+](=O)[O-])cc1)NC(=O)OCc1ccccc1. The molecule has 1 atom stereocenters. The van der Waals surface area contributed by atoms with Gasteiger partial charge in [-0.05, 0) is 23.6 Å². The maximum atomic E-state index is 13.1. The van der Waals surface area contributed by atoms with E-state index >= 15 is 0 Å². The van der Waals surface area contributed by atoms with Crippen molar-refractivity contribution < 1.29 is 24.2 Å². The number of hydrogen-bond donors (Lipinski definition) is 2. The predicted octanol–water partition coefficient (Wildman–Crippen LogP) is 4.29. The molecular weight excluding hydrogens is 456 g/mol. The molecule has 3 rings (SSSR count). The van der Waals surface area contributed by atoms with Gasteiger partial charge in [-0.1, -0.05) is 48.5 Å². The van der Waals surface area contributed by atoms with Crippen molar-refractivity contribution in [2.45, 2.75) is 26.0 Å². The first kappa shape index (κ1) is 24.8. The number of carbonyl (C=O) groups is 2. The van der Waals surface area contributed by atoms with Crippen LogP contribution in [-0.2, 0) is 22.6 Å². The Balaban J connectivity index is 1.77. The third-order valence-corrected chi connectivity index (χ3v) is 5.10. The summed E-state index contributed by atoms with van der Waals surface area (Å²) in [7, 11) is 0. The molecule has 0 aromatic heterocycles. The van der Waals surface area contributed by atoms with E-state index in [0.717, 1.165) is 5.56 Å². The summed E-state index contributed by atoms with van der Waals surface area (Å²) in [6.45, 7) is 1.66. The molecule has 0 aliphatic heterocycles. The summed E-state index contributed by atoms with van der Waals surface area (Å²) < 4.78 is 5.21. The summed E-state index contributed by atoms with van der Waals surface area (Å²) in [4.78, 5) is 46.4. The molecule has 3 aromatic carbocycles. The van der Waals surface area contributed by atoms with E-state index in [1.807, 2.05) is 6.07 Å². The average Bonchev–Trinajstić information content (AvgIpc) is 2.84. The molecule has 0 bridgehead atoms. The summed E-state index contributed by atoms with van der Waals surface area (Å²) >= 11 is 0. The van der Waals surface area contributed by atoms with Crippen LogP contribution >= 0.6 is 0 Å². The lowest BCUT2D eigenvalue weighted by Crippen LogP contribution is -2.45. The largest absolute Gasteiger partial charge is 0.445 e. The molecule has 0 aliphatic carbocycles. The molecule has 35 heavy (non-hydrogen) atoms. The van der Waals surface area contributed by atoms with Gasteiger partial charge in [0.1, 0.15) is 12.6 Å². The lowest BCUT2D eigenvalue weighted by molar-refractivity contribution is -0.385. The van der Waals surface area contributed by atoms with Crippen LogP contribution in [0.4, 0.5) is 21.9 Å². The van der Waals surface area contributed by atoms with Gasteiger partial charge in [-0.3, -0.25) is 25.0 Å². The summed E-state index contributed by atoms with van der Waals surface area (Å²) in [5.41, 5.74) is 1.80. The van der Waals surface area contributed by atoms with Crippen LogP contribution in [0.3, 0.4) is 0 Å². The van der Waals surface area contributed by atoms with Gasteiger partial charge in [0.05, 0.1) is 15.5 Å². The van der Waals surface area contributed by atoms with Crippen LogP contribution in [0.5, 0.6) is 0 Å². The molecule has 0 radical (unpaired) electrons. The third-order valence-electron chi connectivity index (χ3n) is 5.10. The highest BCUT2D eigenvalue weighted by Crippen LogP contribution is 2.22. The average molecular weight is 478 g/mol. The van der Waals surface area contributed by atoms with Crippen molar-refractivity contribution in [2.24, 2.45) is 0 Å². The highest BCUT2D eigenvalue weighted by atomic mass is 16.6. The maximum Gasteiger partial charge on any atom is 0.408 e. The zero-order valence-corrected chi connectivity index (χ0v) is 18.7. The van der Waals surface area contributed by atoms with Crippen LogP contribution in [0, 0.1) is 27.2 Å². The number of nitrogens with one attached hydrogen (secondary N) is 2. The molecule has 2 amide bonds. The fourth-order valence-electron chi connectivity index (χ4n) is 3.18. The second-order valence-electron chi connectivity index (χ2n) is 7.63. The lowest BCUT2D eigenvalue weighted by atomic mass is 10.0. The standard InChI is InChI=1S/C24H22N4O7/c1-16-7-10-20(28(33)34)14-21(16)25-23(29)22(13-17-8-11-19(12-9-17)27(31)32)26-24(30)35-15-18-5-3-2-4-6-18/h2-12,14,22H,13,15H2,1H3,(H,25,29)(H,26,30)/t22-/m0/s1. The maximum absolute atomic E-state index is 13.1. The van der Waals surface area contributed by atoms with Gasteiger partial charge in [0.15, 0.2) is 0 Å². The van der Waals surface area contributed by atoms with Gasteiger partial charge in [-0.2, -0.15) is 0 Å². The molecule has 0 saturated heterocycles. The lowest BCUT2D eigenvalue weighted by Gasteiger charge is -2.19. The molecule has 0 aliphatic rings. The van der Waals surface area contributed by atoms with Gasteiger partial charge >= 0.3 is 6.09 Å². The zero-order valence-electron chi connectivity index (χ0n) is 18.7. The minimum absolute atomic E-state index is 0.00175. The number of hydrogen-bond acceptors (Lipinski definition) is 7. The van der Waals surface area contributed by atoms with Crippen LogP contribution < -0.4 is 10.6 Å². The van der Waals surface area contributed by atoms with E-state index in [1.54, 1.807) is 31.2 Å². The summed E-state index contributed by atoms with van der Waals surface area (Å²) in [5, 5.41) is 27.1. The van der Waals surface area contributed by atoms with Gasteiger partial charge < -0.3 is 15.4 Å². The smallest absolute Gasteiger partial charge is 0.408 e. The Morgan fingerprint density at radius 1 is 0.886 bits per heavy atom. The second kappa shape index (κ2) is 11.4. The van der Waals surface area contributed by atoms with Crippen molar-refractivity contribution in [1.82, 2.24) is 5.32 Å². The molecule has 0 fully saturated rings. The number of anilines is 1. The van der Waals surface area contributed by atoms with E-state index in [-0.39, 0.29) is 30.1 Å². The Labute approximate surface area is 200 Å². The van der Waals surface area contributed by atoms with Crippen LogP contribution in [0.1, 0.15) is 16.7 Å². The quantitative estimate of drug-likeness (QED) is 0.343. The molecule has 0 spiro atoms. The van der Waals surface area contributed by atoms with Crippen molar-refractivity contribution in [1.29, 1.82) is 0 Å². The number of non-ortho nitro benzene ring substituents is 2. The molecule has 0 saturated carbocycles. The number of alkyl carbamates (subject to hydrolysis) is 1. The monoisotopic (exact) mass is 478 g/mol. The highest BCUT2D eigenvalue weighted by Gasteiger charge is 2.24. The Kier molecular flexibility index (Phi) is 8.06. The van der Waals surface area contributed by atoms with Crippen LogP contribution in [0.2, 0.25) is 0 Å². The van der Waals surface area contributed by atoms with Gasteiger partial charge in [0, 0.05) is 30.7 Å². The molecular formula is C24H22N4O7. The number of nitrogens with zero attached hydrogens (tertiary/aromatic N) is 2. The van der Waals surface area contributed by atoms with Crippen molar-refractivity contribution >= 4 is 29.1 Å². The van der Waals surface area contributed by atoms with Crippen molar-refractivity contribution in [2.75, 3.05) is 5.32 Å². The summed E-state index contributed by atoms with van der Waals surface area (Å²) in [6, 6.07) is 17.4. The van der Waals surface area contributed by atoms with Gasteiger partial charge in [0.25, 0.3) is 11.4 Å². The Hall–Kier alpha value is -4.80. The summed E-state index contributed by atoms with van der Waals surface area (Å²) in [5.74, 6) is -0.636. The number of rotatable bonds is 9. The van der Waals surface area contributed by atoms with E-state index in [4.69, 9.17) is 4.74 Å². The second-order valence-corrected chi connectivity index (χ2v) is 7.63. The molecule has 11 nitrogen and oxygen atoms in total. The number of benzene rings is 3. The van der Waals surface area contributed by atoms with E-state index in [2.05, 4.69) is 10.6 Å². The topological polar surface area (TPSA) is 154 Å². The molecule has 180 valence electrons. The molecule has 3 aromatic rings. The normalized spacial score (nSPS) is 11.2. The third kappa shape index (κ3) is 7.09. The zero-order chi connectivity index (χ0) is 25.4. The van der Waals surface area contributed by atoms with E-state index in [9.17, 15) is 29.8 Å². The number of nitro groups is 2. The van der Waals surface area contributed by atoms with Gasteiger partial charge in [0.2, 0.25) is 5.91 Å². The number of ether oxygens (including phenoxy) is 1. The fourth-order valence-corrected chi connectivity index (χ4v) is 3.18. The number of aryl methyl sites for hydroxylation is 1. The van der Waals surface area contributed by atoms with Gasteiger partial charge in [-0.25, -0.2) is 4.79 Å². The first-order valence-corrected chi connectivity index (χ1v) is 10.5. The van der Waals surface area contributed by atoms with Crippen LogP contribution in [0.15, 0.2) is 72.8 Å². The van der Waals surface area contributed by atoms with Crippen molar-refractivity contribution in [3.05, 3.63) is 110 Å². The molecule has 11 heteroatoms. The van der Waals surface area contributed by atoms with Crippen LogP contribution in [0.25, 0.3) is 0 Å². The molecule has 0 heterocycles. The Morgan fingerprint density at radius 2 is 1.51 bits per heavy atom. The minimum atomic E-state index is -1.13. The molecule has 0 unspecified atom stereocenters. The summed E-state index contributed by atoms with van der Waals surface area (Å²) in [6.07, 6.45) is -0.843. The first-order chi connectivity index (χ1) is 16.7.